The highest BCUT2D eigenvalue weighted by Gasteiger charge is 2.01. The second kappa shape index (κ2) is 5.34. The van der Waals surface area contributed by atoms with Crippen LogP contribution in [0.4, 0.5) is 0 Å². The first kappa shape index (κ1) is 11.5. The van der Waals surface area contributed by atoms with E-state index in [0.29, 0.717) is 19.4 Å². The maximum Gasteiger partial charge on any atom is 0.305 e. The topological polar surface area (TPSA) is 48.3 Å². The summed E-state index contributed by atoms with van der Waals surface area (Å²) >= 11 is 0. The van der Waals surface area contributed by atoms with Gasteiger partial charge in [0, 0.05) is 24.7 Å². The number of nitrogens with zero attached hydrogens (tertiary/aromatic N) is 1. The van der Waals surface area contributed by atoms with Gasteiger partial charge in [0.2, 0.25) is 0 Å². The van der Waals surface area contributed by atoms with Crippen molar-refractivity contribution < 1.29 is 9.53 Å². The van der Waals surface area contributed by atoms with Crippen LogP contribution < -0.4 is 5.56 Å². The smallest absolute Gasteiger partial charge is 0.305 e. The van der Waals surface area contributed by atoms with Gasteiger partial charge in [0.25, 0.3) is 5.56 Å². The molecule has 4 nitrogen and oxygen atoms in total. The molecular weight excluding hydrogens is 194 g/mol. The standard InChI is InChI=1S/C11H15NO3/c1-9-5-3-7-12(11(9)14)8-4-6-10(13)15-2/h3,5,7H,4,6,8H2,1-2H3. The van der Waals surface area contributed by atoms with E-state index in [2.05, 4.69) is 4.74 Å². The number of methoxy groups -OCH3 is 1. The molecule has 0 radical (unpaired) electrons. The predicted molar refractivity (Wildman–Crippen MR) is 56.7 cm³/mol. The maximum absolute atomic E-state index is 11.6. The van der Waals surface area contributed by atoms with E-state index in [1.54, 1.807) is 23.8 Å². The number of esters is 1. The van der Waals surface area contributed by atoms with Crippen LogP contribution in [0.1, 0.15) is 18.4 Å². The lowest BCUT2D eigenvalue weighted by atomic mass is 10.3. The predicted octanol–water partition coefficient (Wildman–Crippen LogP) is 1.11. The van der Waals surface area contributed by atoms with E-state index in [0.717, 1.165) is 5.56 Å². The molecule has 0 aliphatic heterocycles. The molecule has 0 aliphatic rings. The molecule has 1 aromatic heterocycles. The molecule has 0 spiro atoms. The van der Waals surface area contributed by atoms with Crippen molar-refractivity contribution in [1.29, 1.82) is 0 Å². The summed E-state index contributed by atoms with van der Waals surface area (Å²) < 4.78 is 6.13. The quantitative estimate of drug-likeness (QED) is 0.698. The van der Waals surface area contributed by atoms with Crippen LogP contribution in [0.2, 0.25) is 0 Å². The molecule has 0 atom stereocenters. The maximum atomic E-state index is 11.6. The van der Waals surface area contributed by atoms with Crippen molar-refractivity contribution >= 4 is 5.97 Å². The third kappa shape index (κ3) is 3.23. The van der Waals surface area contributed by atoms with Gasteiger partial charge in [-0.1, -0.05) is 6.07 Å². The Balaban J connectivity index is 2.55. The van der Waals surface area contributed by atoms with Crippen molar-refractivity contribution in [1.82, 2.24) is 4.57 Å². The Labute approximate surface area is 88.5 Å². The summed E-state index contributed by atoms with van der Waals surface area (Å²) in [5.41, 5.74) is 0.720. The Hall–Kier alpha value is -1.58. The van der Waals surface area contributed by atoms with E-state index in [9.17, 15) is 9.59 Å². The molecule has 0 amide bonds. The van der Waals surface area contributed by atoms with Crippen LogP contribution in [0.25, 0.3) is 0 Å². The highest BCUT2D eigenvalue weighted by atomic mass is 16.5. The van der Waals surface area contributed by atoms with Crippen molar-refractivity contribution in [3.8, 4) is 0 Å². The number of aromatic nitrogens is 1. The van der Waals surface area contributed by atoms with Crippen molar-refractivity contribution in [2.75, 3.05) is 7.11 Å². The fourth-order valence-corrected chi connectivity index (χ4v) is 1.33. The lowest BCUT2D eigenvalue weighted by Crippen LogP contribution is -2.21. The van der Waals surface area contributed by atoms with Crippen LogP contribution in [0.5, 0.6) is 0 Å². The Morgan fingerprint density at radius 3 is 2.93 bits per heavy atom. The summed E-state index contributed by atoms with van der Waals surface area (Å²) in [5, 5.41) is 0. The SMILES string of the molecule is COC(=O)CCCn1cccc(C)c1=O. The number of carbonyl (C=O) groups is 1. The molecule has 4 heteroatoms. The van der Waals surface area contributed by atoms with Gasteiger partial charge < -0.3 is 9.30 Å². The molecule has 1 rings (SSSR count). The number of ether oxygens (including phenoxy) is 1. The van der Waals surface area contributed by atoms with Crippen LogP contribution in [0, 0.1) is 6.92 Å². The minimum Gasteiger partial charge on any atom is -0.469 e. The first-order chi connectivity index (χ1) is 7.15. The number of hydrogen-bond donors (Lipinski definition) is 0. The molecular formula is C11H15NO3. The summed E-state index contributed by atoms with van der Waals surface area (Å²) in [5.74, 6) is -0.240. The molecule has 1 aromatic rings. The summed E-state index contributed by atoms with van der Waals surface area (Å²) in [6, 6.07) is 3.61. The molecule has 82 valence electrons. The van der Waals surface area contributed by atoms with Crippen LogP contribution in [-0.2, 0) is 16.1 Å². The molecule has 0 aromatic carbocycles. The summed E-state index contributed by atoms with van der Waals surface area (Å²) in [6.07, 6.45) is 2.69. The van der Waals surface area contributed by atoms with Gasteiger partial charge in [-0.3, -0.25) is 9.59 Å². The van der Waals surface area contributed by atoms with Gasteiger partial charge in [-0.05, 0) is 19.4 Å². The van der Waals surface area contributed by atoms with Gasteiger partial charge in [-0.25, -0.2) is 0 Å². The third-order valence-electron chi connectivity index (χ3n) is 2.22. The zero-order valence-electron chi connectivity index (χ0n) is 9.03. The summed E-state index contributed by atoms with van der Waals surface area (Å²) in [4.78, 5) is 22.4. The molecule has 0 fully saturated rings. The van der Waals surface area contributed by atoms with E-state index in [4.69, 9.17) is 0 Å². The highest BCUT2D eigenvalue weighted by Crippen LogP contribution is 1.96. The number of pyridine rings is 1. The minimum absolute atomic E-state index is 0.00219. The van der Waals surface area contributed by atoms with Crippen LogP contribution >= 0.6 is 0 Å². The average Bonchev–Trinajstić information content (AvgIpc) is 2.24. The number of aryl methyl sites for hydroxylation is 2. The zero-order valence-corrected chi connectivity index (χ0v) is 9.03. The van der Waals surface area contributed by atoms with Crippen LogP contribution in [0.3, 0.4) is 0 Å². The molecule has 0 unspecified atom stereocenters. The second-order valence-corrected chi connectivity index (χ2v) is 3.37. The van der Waals surface area contributed by atoms with E-state index in [1.165, 1.54) is 7.11 Å². The molecule has 0 saturated carbocycles. The molecule has 15 heavy (non-hydrogen) atoms. The summed E-state index contributed by atoms with van der Waals surface area (Å²) in [7, 11) is 1.36. The Morgan fingerprint density at radius 1 is 1.53 bits per heavy atom. The lowest BCUT2D eigenvalue weighted by Gasteiger charge is -2.05. The van der Waals surface area contributed by atoms with E-state index in [1.807, 2.05) is 6.07 Å². The largest absolute Gasteiger partial charge is 0.469 e. The molecule has 0 N–H and O–H groups in total. The minimum atomic E-state index is -0.240. The Morgan fingerprint density at radius 2 is 2.27 bits per heavy atom. The van der Waals surface area contributed by atoms with Gasteiger partial charge in [0.05, 0.1) is 7.11 Å². The molecule has 0 aliphatic carbocycles. The van der Waals surface area contributed by atoms with E-state index >= 15 is 0 Å². The van der Waals surface area contributed by atoms with Gasteiger partial charge in [-0.15, -0.1) is 0 Å². The number of carbonyl (C=O) groups excluding carboxylic acids is 1. The van der Waals surface area contributed by atoms with Crippen molar-refractivity contribution in [2.45, 2.75) is 26.3 Å². The van der Waals surface area contributed by atoms with E-state index < -0.39 is 0 Å². The highest BCUT2D eigenvalue weighted by molar-refractivity contribution is 5.68. The molecule has 0 saturated heterocycles. The van der Waals surface area contributed by atoms with Crippen molar-refractivity contribution in [2.24, 2.45) is 0 Å². The van der Waals surface area contributed by atoms with Gasteiger partial charge in [0.1, 0.15) is 0 Å². The first-order valence-electron chi connectivity index (χ1n) is 4.88. The third-order valence-corrected chi connectivity index (χ3v) is 2.22. The van der Waals surface area contributed by atoms with Crippen LogP contribution in [-0.4, -0.2) is 17.6 Å². The van der Waals surface area contributed by atoms with Crippen LogP contribution in [0.15, 0.2) is 23.1 Å². The Bertz CT molecular complexity index is 395. The van der Waals surface area contributed by atoms with E-state index in [-0.39, 0.29) is 11.5 Å². The Kier molecular flexibility index (Phi) is 4.09. The van der Waals surface area contributed by atoms with Gasteiger partial charge in [0.15, 0.2) is 0 Å². The van der Waals surface area contributed by atoms with Crippen molar-refractivity contribution in [3.05, 3.63) is 34.2 Å². The molecule has 0 bridgehead atoms. The fourth-order valence-electron chi connectivity index (χ4n) is 1.33. The number of hydrogen-bond acceptors (Lipinski definition) is 3. The molecule has 1 heterocycles. The fraction of sp³-hybridized carbons (Fsp3) is 0.455. The normalized spacial score (nSPS) is 10.0. The van der Waals surface area contributed by atoms with Gasteiger partial charge >= 0.3 is 5.97 Å². The summed E-state index contributed by atoms with van der Waals surface area (Å²) in [6.45, 7) is 2.33. The second-order valence-electron chi connectivity index (χ2n) is 3.37. The van der Waals surface area contributed by atoms with Gasteiger partial charge in [-0.2, -0.15) is 0 Å². The first-order valence-corrected chi connectivity index (χ1v) is 4.88. The lowest BCUT2D eigenvalue weighted by molar-refractivity contribution is -0.140. The monoisotopic (exact) mass is 209 g/mol. The number of rotatable bonds is 4. The average molecular weight is 209 g/mol. The van der Waals surface area contributed by atoms with Crippen molar-refractivity contribution in [3.63, 3.8) is 0 Å². The zero-order chi connectivity index (χ0) is 11.3.